The fourth-order valence-electron chi connectivity index (χ4n) is 1.52. The van der Waals surface area contributed by atoms with Crippen LogP contribution in [0.5, 0.6) is 5.75 Å². The molecule has 0 aliphatic heterocycles. The lowest BCUT2D eigenvalue weighted by Gasteiger charge is -2.08. The average Bonchev–Trinajstić information content (AvgIpc) is 2.49. The molecule has 0 unspecified atom stereocenters. The van der Waals surface area contributed by atoms with Crippen molar-refractivity contribution in [1.29, 1.82) is 0 Å². The number of likely N-dealkylation sites (N-methyl/N-ethyl adjacent to an activating group) is 1. The highest BCUT2D eigenvalue weighted by Gasteiger charge is 2.15. The van der Waals surface area contributed by atoms with Gasteiger partial charge in [0.05, 0.1) is 4.90 Å². The summed E-state index contributed by atoms with van der Waals surface area (Å²) >= 11 is 0. The Kier molecular flexibility index (Phi) is 5.07. The summed E-state index contributed by atoms with van der Waals surface area (Å²) < 4.78 is 32.0. The molecule has 0 saturated heterocycles. The molecule has 1 heterocycles. The molecule has 0 aliphatic carbocycles. The fourth-order valence-corrected chi connectivity index (χ4v) is 2.47. The average molecular weight is 308 g/mol. The fraction of sp³-hybridized carbons (Fsp3) is 0.231. The normalized spacial score (nSPS) is 11.1. The number of rotatable bonds is 7. The maximum atomic E-state index is 12.1. The van der Waals surface area contributed by atoms with Gasteiger partial charge in [-0.2, -0.15) is 0 Å². The molecule has 7 nitrogen and oxygen atoms in total. The van der Waals surface area contributed by atoms with Crippen LogP contribution in [0.15, 0.2) is 47.6 Å². The van der Waals surface area contributed by atoms with Gasteiger partial charge in [-0.1, -0.05) is 0 Å². The first-order valence-electron chi connectivity index (χ1n) is 6.29. The lowest BCUT2D eigenvalue weighted by atomic mass is 10.3. The van der Waals surface area contributed by atoms with E-state index in [9.17, 15) is 8.42 Å². The molecular formula is C13H16N4O3S. The zero-order valence-electron chi connectivity index (χ0n) is 11.5. The summed E-state index contributed by atoms with van der Waals surface area (Å²) in [7, 11) is -1.87. The first-order chi connectivity index (χ1) is 10.1. The maximum absolute atomic E-state index is 12.1. The molecule has 0 radical (unpaired) electrons. The summed E-state index contributed by atoms with van der Waals surface area (Å²) in [6.07, 6.45) is 2.92. The predicted octanol–water partition coefficient (Wildman–Crippen LogP) is 0.876. The van der Waals surface area contributed by atoms with E-state index in [1.54, 1.807) is 18.2 Å². The van der Waals surface area contributed by atoms with E-state index in [0.29, 0.717) is 18.9 Å². The highest BCUT2D eigenvalue weighted by molar-refractivity contribution is 7.92. The van der Waals surface area contributed by atoms with Crippen LogP contribution in [0.4, 0.5) is 5.95 Å². The van der Waals surface area contributed by atoms with Crippen molar-refractivity contribution in [2.75, 3.05) is 24.9 Å². The Labute approximate surface area is 123 Å². The molecule has 0 spiro atoms. The molecule has 0 aliphatic rings. The van der Waals surface area contributed by atoms with Gasteiger partial charge in [0.25, 0.3) is 10.0 Å². The summed E-state index contributed by atoms with van der Waals surface area (Å²) in [5, 5.41) is 2.96. The summed E-state index contributed by atoms with van der Waals surface area (Å²) in [4.78, 5) is 7.77. The van der Waals surface area contributed by atoms with E-state index in [1.807, 2.05) is 7.05 Å². The molecule has 0 atom stereocenters. The third-order valence-electron chi connectivity index (χ3n) is 2.55. The molecule has 2 rings (SSSR count). The predicted molar refractivity (Wildman–Crippen MR) is 78.7 cm³/mol. The highest BCUT2D eigenvalue weighted by Crippen LogP contribution is 2.17. The number of nitrogens with one attached hydrogen (secondary N) is 2. The van der Waals surface area contributed by atoms with Crippen molar-refractivity contribution >= 4 is 16.0 Å². The van der Waals surface area contributed by atoms with Crippen LogP contribution in [0.25, 0.3) is 0 Å². The summed E-state index contributed by atoms with van der Waals surface area (Å²) in [5.74, 6) is 0.645. The monoisotopic (exact) mass is 308 g/mol. The zero-order chi connectivity index (χ0) is 15.1. The Morgan fingerprint density at radius 1 is 1.14 bits per heavy atom. The number of anilines is 1. The van der Waals surface area contributed by atoms with Crippen LogP contribution in [-0.2, 0) is 10.0 Å². The van der Waals surface area contributed by atoms with Crippen LogP contribution in [0.1, 0.15) is 0 Å². The number of benzene rings is 1. The number of nitrogens with zero attached hydrogens (tertiary/aromatic N) is 2. The Morgan fingerprint density at radius 3 is 2.43 bits per heavy atom. The smallest absolute Gasteiger partial charge is 0.264 e. The van der Waals surface area contributed by atoms with E-state index in [4.69, 9.17) is 4.74 Å². The van der Waals surface area contributed by atoms with E-state index in [1.165, 1.54) is 24.5 Å². The number of sulfonamides is 1. The van der Waals surface area contributed by atoms with Gasteiger partial charge in [0, 0.05) is 18.9 Å². The lowest BCUT2D eigenvalue weighted by Crippen LogP contribution is -2.16. The Balaban J connectivity index is 2.06. The molecule has 1 aromatic carbocycles. The van der Waals surface area contributed by atoms with Gasteiger partial charge in [0.1, 0.15) is 12.4 Å². The van der Waals surface area contributed by atoms with Crippen molar-refractivity contribution in [3.8, 4) is 5.75 Å². The molecular weight excluding hydrogens is 292 g/mol. The molecule has 2 aromatic rings. The maximum Gasteiger partial charge on any atom is 0.264 e. The number of hydrogen-bond acceptors (Lipinski definition) is 6. The first kappa shape index (κ1) is 15.2. The van der Waals surface area contributed by atoms with Gasteiger partial charge in [-0.15, -0.1) is 0 Å². The quantitative estimate of drug-likeness (QED) is 0.737. The van der Waals surface area contributed by atoms with E-state index in [2.05, 4.69) is 20.0 Å². The number of ether oxygens (including phenoxy) is 1. The van der Waals surface area contributed by atoms with Crippen LogP contribution < -0.4 is 14.8 Å². The zero-order valence-corrected chi connectivity index (χ0v) is 12.3. The molecule has 112 valence electrons. The van der Waals surface area contributed by atoms with Crippen molar-refractivity contribution in [2.24, 2.45) is 0 Å². The van der Waals surface area contributed by atoms with Crippen molar-refractivity contribution in [3.05, 3.63) is 42.7 Å². The molecule has 1 aromatic heterocycles. The van der Waals surface area contributed by atoms with Gasteiger partial charge < -0.3 is 10.1 Å². The second kappa shape index (κ2) is 7.00. The Bertz CT molecular complexity index is 660. The minimum absolute atomic E-state index is 0.0341. The van der Waals surface area contributed by atoms with Gasteiger partial charge in [0.15, 0.2) is 0 Å². The molecule has 0 amide bonds. The van der Waals surface area contributed by atoms with Crippen LogP contribution in [0, 0.1) is 0 Å². The van der Waals surface area contributed by atoms with Crippen LogP contribution in [0.3, 0.4) is 0 Å². The van der Waals surface area contributed by atoms with Crippen molar-refractivity contribution in [1.82, 2.24) is 15.3 Å². The lowest BCUT2D eigenvalue weighted by molar-refractivity contribution is 0.318. The van der Waals surface area contributed by atoms with Crippen molar-refractivity contribution in [2.45, 2.75) is 4.90 Å². The van der Waals surface area contributed by atoms with E-state index < -0.39 is 10.0 Å². The Morgan fingerprint density at radius 2 is 1.81 bits per heavy atom. The molecule has 8 heteroatoms. The van der Waals surface area contributed by atoms with E-state index >= 15 is 0 Å². The second-order valence-corrected chi connectivity index (χ2v) is 5.78. The van der Waals surface area contributed by atoms with Crippen LogP contribution >= 0.6 is 0 Å². The highest BCUT2D eigenvalue weighted by atomic mass is 32.2. The minimum Gasteiger partial charge on any atom is -0.492 e. The molecule has 0 bridgehead atoms. The van der Waals surface area contributed by atoms with Crippen LogP contribution in [-0.4, -0.2) is 38.6 Å². The molecule has 0 saturated carbocycles. The Hall–Kier alpha value is -2.19. The van der Waals surface area contributed by atoms with E-state index in [-0.39, 0.29) is 10.8 Å². The number of hydrogen-bond donors (Lipinski definition) is 2. The van der Waals surface area contributed by atoms with E-state index in [0.717, 1.165) is 0 Å². The first-order valence-corrected chi connectivity index (χ1v) is 7.77. The van der Waals surface area contributed by atoms with Gasteiger partial charge >= 0.3 is 0 Å². The summed E-state index contributed by atoms with van der Waals surface area (Å²) in [5.41, 5.74) is 0. The summed E-state index contributed by atoms with van der Waals surface area (Å²) in [6.45, 7) is 1.23. The SMILES string of the molecule is CNCCOc1ccc(S(=O)(=O)Nc2ncccn2)cc1. The molecule has 0 fully saturated rings. The van der Waals surface area contributed by atoms with Gasteiger partial charge in [-0.25, -0.2) is 23.1 Å². The second-order valence-electron chi connectivity index (χ2n) is 4.10. The summed E-state index contributed by atoms with van der Waals surface area (Å²) in [6, 6.07) is 7.77. The third kappa shape index (κ3) is 4.40. The standard InChI is InChI=1S/C13H16N4O3S/c1-14-9-10-20-11-3-5-12(6-4-11)21(18,19)17-13-15-7-2-8-16-13/h2-8,14H,9-10H2,1H3,(H,15,16,17). The third-order valence-corrected chi connectivity index (χ3v) is 3.89. The molecule has 2 N–H and O–H groups in total. The van der Waals surface area contributed by atoms with Crippen LogP contribution in [0.2, 0.25) is 0 Å². The minimum atomic E-state index is -3.70. The van der Waals surface area contributed by atoms with Crippen molar-refractivity contribution < 1.29 is 13.2 Å². The molecule has 21 heavy (non-hydrogen) atoms. The number of aromatic nitrogens is 2. The topological polar surface area (TPSA) is 93.2 Å². The van der Waals surface area contributed by atoms with Gasteiger partial charge in [-0.05, 0) is 37.4 Å². The van der Waals surface area contributed by atoms with Gasteiger partial charge in [-0.3, -0.25) is 0 Å². The largest absolute Gasteiger partial charge is 0.492 e. The van der Waals surface area contributed by atoms with Crippen molar-refractivity contribution in [3.63, 3.8) is 0 Å². The van der Waals surface area contributed by atoms with Gasteiger partial charge in [0.2, 0.25) is 5.95 Å².